The molecule has 1 saturated carbocycles. The summed E-state index contributed by atoms with van der Waals surface area (Å²) in [6.07, 6.45) is 7.43. The molecule has 3 N–H and O–H groups in total. The minimum absolute atomic E-state index is 0.0192. The molecule has 1 aromatic carbocycles. The maximum atomic E-state index is 13.6. The molecule has 2 rings (SSSR count). The van der Waals surface area contributed by atoms with E-state index < -0.39 is 0 Å². The predicted octanol–water partition coefficient (Wildman–Crippen LogP) is 3.70. The summed E-state index contributed by atoms with van der Waals surface area (Å²) in [6.45, 7) is 0. The van der Waals surface area contributed by atoms with Gasteiger partial charge in [0, 0.05) is 11.6 Å². The first-order valence-electron chi connectivity index (χ1n) is 7.56. The van der Waals surface area contributed by atoms with Gasteiger partial charge in [-0.3, -0.25) is 11.3 Å². The second-order valence-electron chi connectivity index (χ2n) is 5.88. The monoisotopic (exact) mass is 358 g/mol. The van der Waals surface area contributed by atoms with Gasteiger partial charge < -0.3 is 4.74 Å². The summed E-state index contributed by atoms with van der Waals surface area (Å²) < 4.78 is 20.2. The summed E-state index contributed by atoms with van der Waals surface area (Å²) in [4.78, 5) is 0. The van der Waals surface area contributed by atoms with Gasteiger partial charge in [0.05, 0.1) is 11.6 Å². The highest BCUT2D eigenvalue weighted by Gasteiger charge is 2.38. The molecule has 0 radical (unpaired) electrons. The van der Waals surface area contributed by atoms with Gasteiger partial charge in [0.25, 0.3) is 0 Å². The average molecular weight is 359 g/mol. The quantitative estimate of drug-likeness (QED) is 0.479. The van der Waals surface area contributed by atoms with Gasteiger partial charge >= 0.3 is 0 Å². The Balaban J connectivity index is 2.20. The van der Waals surface area contributed by atoms with Crippen LogP contribution in [0, 0.1) is 5.82 Å². The fraction of sp³-hybridized carbons (Fsp3) is 0.625. The number of hydrazine groups is 1. The molecule has 3 nitrogen and oxygen atoms in total. The van der Waals surface area contributed by atoms with Gasteiger partial charge in [-0.2, -0.15) is 0 Å². The van der Waals surface area contributed by atoms with Crippen molar-refractivity contribution < 1.29 is 9.13 Å². The maximum absolute atomic E-state index is 13.6. The third-order valence-electron chi connectivity index (χ3n) is 4.55. The molecule has 1 atom stereocenters. The number of rotatable bonds is 5. The van der Waals surface area contributed by atoms with Crippen molar-refractivity contribution in [3.8, 4) is 0 Å². The lowest BCUT2D eigenvalue weighted by Crippen LogP contribution is -2.55. The van der Waals surface area contributed by atoms with Crippen molar-refractivity contribution >= 4 is 15.9 Å². The lowest BCUT2D eigenvalue weighted by molar-refractivity contribution is -0.0527. The molecule has 0 heterocycles. The number of hydrogen-bond acceptors (Lipinski definition) is 3. The Bertz CT molecular complexity index is 441. The molecular weight excluding hydrogens is 335 g/mol. The van der Waals surface area contributed by atoms with E-state index in [2.05, 4.69) is 21.4 Å². The lowest BCUT2D eigenvalue weighted by atomic mass is 9.83. The smallest absolute Gasteiger partial charge is 0.124 e. The third kappa shape index (κ3) is 4.25. The van der Waals surface area contributed by atoms with Gasteiger partial charge in [-0.25, -0.2) is 4.39 Å². The predicted molar refractivity (Wildman–Crippen MR) is 86.4 cm³/mol. The summed E-state index contributed by atoms with van der Waals surface area (Å²) in [5, 5.41) is 0. The van der Waals surface area contributed by atoms with E-state index in [1.54, 1.807) is 13.2 Å². The van der Waals surface area contributed by atoms with Crippen molar-refractivity contribution in [3.63, 3.8) is 0 Å². The molecule has 0 aliphatic heterocycles. The van der Waals surface area contributed by atoms with Gasteiger partial charge in [-0.1, -0.05) is 41.6 Å². The lowest BCUT2D eigenvalue weighted by Gasteiger charge is -2.39. The van der Waals surface area contributed by atoms with Crippen LogP contribution >= 0.6 is 15.9 Å². The summed E-state index contributed by atoms with van der Waals surface area (Å²) in [7, 11) is 1.76. The molecule has 0 aromatic heterocycles. The zero-order valence-corrected chi connectivity index (χ0v) is 14.1. The van der Waals surface area contributed by atoms with E-state index in [-0.39, 0.29) is 17.5 Å². The number of halogens is 2. The van der Waals surface area contributed by atoms with E-state index in [9.17, 15) is 4.39 Å². The first-order chi connectivity index (χ1) is 10.1. The first kappa shape index (κ1) is 16.9. The van der Waals surface area contributed by atoms with Crippen LogP contribution < -0.4 is 11.3 Å². The van der Waals surface area contributed by atoms with Gasteiger partial charge in [0.1, 0.15) is 5.82 Å². The minimum atomic E-state index is -0.260. The Labute approximate surface area is 134 Å². The Hall–Kier alpha value is -0.490. The Kier molecular flexibility index (Phi) is 6.17. The fourth-order valence-electron chi connectivity index (χ4n) is 3.38. The standard InChI is InChI=1S/C16H24BrFN2O/c1-21-16(6-4-2-3-5-7-16)15(20-19)10-12-8-13(17)11-14(18)9-12/h8-9,11,15,20H,2-7,10,19H2,1H3. The highest BCUT2D eigenvalue weighted by molar-refractivity contribution is 9.10. The third-order valence-corrected chi connectivity index (χ3v) is 5.01. The second kappa shape index (κ2) is 7.68. The van der Waals surface area contributed by atoms with Crippen molar-refractivity contribution in [1.29, 1.82) is 0 Å². The molecule has 118 valence electrons. The molecule has 1 unspecified atom stereocenters. The van der Waals surface area contributed by atoms with Crippen molar-refractivity contribution in [3.05, 3.63) is 34.1 Å². The topological polar surface area (TPSA) is 47.3 Å². The number of hydrogen-bond donors (Lipinski definition) is 2. The fourth-order valence-corrected chi connectivity index (χ4v) is 3.90. The molecule has 1 aliphatic rings. The normalized spacial score (nSPS) is 20.0. The highest BCUT2D eigenvalue weighted by atomic mass is 79.9. The van der Waals surface area contributed by atoms with Crippen molar-refractivity contribution in [2.45, 2.75) is 56.6 Å². The minimum Gasteiger partial charge on any atom is -0.377 e. The largest absolute Gasteiger partial charge is 0.377 e. The molecule has 1 aromatic rings. The molecular formula is C16H24BrFN2O. The first-order valence-corrected chi connectivity index (χ1v) is 8.35. The summed E-state index contributed by atoms with van der Waals surface area (Å²) in [5.74, 6) is 5.57. The van der Waals surface area contributed by atoms with Crippen LogP contribution in [0.25, 0.3) is 0 Å². The van der Waals surface area contributed by atoms with E-state index in [0.717, 1.165) is 35.7 Å². The molecule has 0 bridgehead atoms. The molecule has 0 spiro atoms. The van der Waals surface area contributed by atoms with Gasteiger partial charge in [-0.05, 0) is 43.0 Å². The van der Waals surface area contributed by atoms with Crippen LogP contribution in [0.2, 0.25) is 0 Å². The van der Waals surface area contributed by atoms with Crippen molar-refractivity contribution in [1.82, 2.24) is 5.43 Å². The highest BCUT2D eigenvalue weighted by Crippen LogP contribution is 2.34. The Morgan fingerprint density at radius 3 is 2.48 bits per heavy atom. The van der Waals surface area contributed by atoms with E-state index in [1.807, 2.05) is 6.07 Å². The van der Waals surface area contributed by atoms with Gasteiger partial charge in [0.15, 0.2) is 0 Å². The van der Waals surface area contributed by atoms with Gasteiger partial charge in [-0.15, -0.1) is 0 Å². The number of ether oxygens (including phenoxy) is 1. The molecule has 21 heavy (non-hydrogen) atoms. The Morgan fingerprint density at radius 1 is 1.29 bits per heavy atom. The number of nitrogens with one attached hydrogen (secondary N) is 1. The van der Waals surface area contributed by atoms with E-state index in [0.29, 0.717) is 6.42 Å². The summed E-state index contributed by atoms with van der Waals surface area (Å²) in [6, 6.07) is 4.95. The van der Waals surface area contributed by atoms with Crippen LogP contribution in [0.15, 0.2) is 22.7 Å². The van der Waals surface area contributed by atoms with Crippen LogP contribution in [0.1, 0.15) is 44.1 Å². The maximum Gasteiger partial charge on any atom is 0.124 e. The van der Waals surface area contributed by atoms with Gasteiger partial charge in [0.2, 0.25) is 0 Å². The van der Waals surface area contributed by atoms with E-state index in [4.69, 9.17) is 10.6 Å². The molecule has 1 fully saturated rings. The zero-order valence-electron chi connectivity index (χ0n) is 12.5. The number of benzene rings is 1. The van der Waals surface area contributed by atoms with Crippen LogP contribution in [-0.2, 0) is 11.2 Å². The number of methoxy groups -OCH3 is 1. The molecule has 5 heteroatoms. The molecule has 0 saturated heterocycles. The molecule has 1 aliphatic carbocycles. The average Bonchev–Trinajstić information content (AvgIpc) is 2.70. The van der Waals surface area contributed by atoms with Crippen LogP contribution in [0.5, 0.6) is 0 Å². The van der Waals surface area contributed by atoms with Crippen LogP contribution in [0.4, 0.5) is 4.39 Å². The van der Waals surface area contributed by atoms with Crippen molar-refractivity contribution in [2.75, 3.05) is 7.11 Å². The zero-order chi connectivity index (χ0) is 15.3. The Morgan fingerprint density at radius 2 is 1.95 bits per heavy atom. The number of nitrogens with two attached hydrogens (primary N) is 1. The van der Waals surface area contributed by atoms with E-state index >= 15 is 0 Å². The van der Waals surface area contributed by atoms with Crippen LogP contribution in [0.3, 0.4) is 0 Å². The van der Waals surface area contributed by atoms with E-state index in [1.165, 1.54) is 18.9 Å². The SMILES string of the molecule is COC1(C(Cc2cc(F)cc(Br)c2)NN)CCCCCC1. The summed E-state index contributed by atoms with van der Waals surface area (Å²) in [5.41, 5.74) is 3.58. The van der Waals surface area contributed by atoms with Crippen molar-refractivity contribution in [2.24, 2.45) is 5.84 Å². The molecule has 0 amide bonds. The second-order valence-corrected chi connectivity index (χ2v) is 6.80. The summed E-state index contributed by atoms with van der Waals surface area (Å²) >= 11 is 3.34. The van der Waals surface area contributed by atoms with Crippen LogP contribution in [-0.4, -0.2) is 18.8 Å².